The monoisotopic (exact) mass is 514 g/mol. The summed E-state index contributed by atoms with van der Waals surface area (Å²) < 4.78 is 74.7. The van der Waals surface area contributed by atoms with Gasteiger partial charge in [0.1, 0.15) is 0 Å². The smallest absolute Gasteiger partial charge is 0.381 e. The van der Waals surface area contributed by atoms with Crippen LogP contribution in [0.5, 0.6) is 0 Å². The fraction of sp³-hybridized carbons (Fsp3) is 0.955. The van der Waals surface area contributed by atoms with Gasteiger partial charge in [-0.25, -0.2) is 23.0 Å². The molecule has 1 atom stereocenters. The van der Waals surface area contributed by atoms with E-state index in [0.29, 0.717) is 51.8 Å². The van der Waals surface area contributed by atoms with Crippen molar-refractivity contribution in [3.05, 3.63) is 0 Å². The van der Waals surface area contributed by atoms with E-state index in [9.17, 15) is 26.4 Å². The number of hydroxylamine groups is 1. The molecule has 3 rings (SSSR count). The molecule has 12 heteroatoms. The van der Waals surface area contributed by atoms with Gasteiger partial charge in [0.2, 0.25) is 10.0 Å². The van der Waals surface area contributed by atoms with Gasteiger partial charge in [-0.3, -0.25) is 4.79 Å². The van der Waals surface area contributed by atoms with Crippen LogP contribution in [0.4, 0.5) is 13.2 Å². The molecule has 3 aliphatic rings. The lowest BCUT2D eigenvalue weighted by atomic mass is 9.92. The summed E-state index contributed by atoms with van der Waals surface area (Å²) in [5, 5.41) is 0. The van der Waals surface area contributed by atoms with Crippen molar-refractivity contribution in [2.24, 2.45) is 5.92 Å². The number of unbranched alkanes of at least 4 members (excludes halogenated alkanes) is 2. The van der Waals surface area contributed by atoms with Crippen molar-refractivity contribution in [2.75, 3.05) is 32.9 Å². The molecule has 3 aliphatic heterocycles. The van der Waals surface area contributed by atoms with Crippen molar-refractivity contribution < 1.29 is 40.7 Å². The molecule has 1 amide bonds. The van der Waals surface area contributed by atoms with Gasteiger partial charge in [0.05, 0.1) is 0 Å². The van der Waals surface area contributed by atoms with E-state index in [0.717, 1.165) is 19.3 Å². The van der Waals surface area contributed by atoms with E-state index < -0.39 is 39.6 Å². The Balaban J connectivity index is 1.52. The molecule has 0 radical (unpaired) electrons. The van der Waals surface area contributed by atoms with Crippen LogP contribution in [-0.2, 0) is 29.1 Å². The number of nitrogens with one attached hydrogen (secondary N) is 1. The van der Waals surface area contributed by atoms with Crippen molar-refractivity contribution >= 4 is 15.9 Å². The summed E-state index contributed by atoms with van der Waals surface area (Å²) in [6.45, 7) is 1.48. The molecule has 0 aromatic rings. The molecular weight excluding hydrogens is 477 g/mol. The Hall–Kier alpha value is -0.950. The lowest BCUT2D eigenvalue weighted by Crippen LogP contribution is -2.61. The van der Waals surface area contributed by atoms with E-state index >= 15 is 0 Å². The molecule has 3 heterocycles. The van der Waals surface area contributed by atoms with Crippen LogP contribution in [0.2, 0.25) is 0 Å². The Bertz CT molecular complexity index is 744. The van der Waals surface area contributed by atoms with Crippen LogP contribution in [0.15, 0.2) is 0 Å². The highest BCUT2D eigenvalue weighted by Crippen LogP contribution is 2.36. The van der Waals surface area contributed by atoms with Crippen molar-refractivity contribution in [2.45, 2.75) is 94.3 Å². The third-order valence-electron chi connectivity index (χ3n) is 7.12. The summed E-state index contributed by atoms with van der Waals surface area (Å²) in [4.78, 5) is 18.5. The second-order valence-electron chi connectivity index (χ2n) is 9.51. The maximum absolute atomic E-state index is 13.7. The molecular formula is C22H37F3N2O6S. The molecule has 1 N–H and O–H groups in total. The lowest BCUT2D eigenvalue weighted by molar-refractivity contribution is -0.202. The zero-order valence-electron chi connectivity index (χ0n) is 19.6. The fourth-order valence-corrected chi connectivity index (χ4v) is 7.08. The second kappa shape index (κ2) is 12.3. The number of piperidine rings is 1. The van der Waals surface area contributed by atoms with E-state index in [1.54, 1.807) is 0 Å². The van der Waals surface area contributed by atoms with Crippen LogP contribution in [0.3, 0.4) is 0 Å². The summed E-state index contributed by atoms with van der Waals surface area (Å²) in [5.74, 6) is -0.402. The van der Waals surface area contributed by atoms with Crippen LogP contribution in [-0.4, -0.2) is 68.8 Å². The number of carbonyl (C=O) groups excluding carboxylic acids is 1. The molecule has 3 saturated heterocycles. The molecule has 0 aromatic heterocycles. The Morgan fingerprint density at radius 2 is 1.74 bits per heavy atom. The van der Waals surface area contributed by atoms with Crippen LogP contribution in [0, 0.1) is 5.92 Å². The van der Waals surface area contributed by atoms with Gasteiger partial charge in [0.15, 0.2) is 11.0 Å². The number of hydrogen-bond donors (Lipinski definition) is 1. The van der Waals surface area contributed by atoms with E-state index in [2.05, 4.69) is 5.48 Å². The molecule has 0 bridgehead atoms. The molecule has 8 nitrogen and oxygen atoms in total. The summed E-state index contributed by atoms with van der Waals surface area (Å²) in [7, 11) is -3.97. The van der Waals surface area contributed by atoms with Gasteiger partial charge in [0, 0.05) is 58.6 Å². The third kappa shape index (κ3) is 7.28. The molecule has 1 unspecified atom stereocenters. The first kappa shape index (κ1) is 27.6. The van der Waals surface area contributed by atoms with Crippen molar-refractivity contribution in [1.29, 1.82) is 0 Å². The minimum atomic E-state index is -4.11. The van der Waals surface area contributed by atoms with E-state index in [4.69, 9.17) is 14.3 Å². The Labute approximate surface area is 199 Å². The second-order valence-corrected chi connectivity index (χ2v) is 11.8. The third-order valence-corrected chi connectivity index (χ3v) is 9.74. The van der Waals surface area contributed by atoms with Crippen LogP contribution in [0.1, 0.15) is 77.0 Å². The highest BCUT2D eigenvalue weighted by atomic mass is 32.2. The number of halogens is 3. The molecule has 34 heavy (non-hydrogen) atoms. The summed E-state index contributed by atoms with van der Waals surface area (Å²) in [6, 6.07) is 0. The molecule has 3 fully saturated rings. The minimum Gasteiger partial charge on any atom is -0.381 e. The van der Waals surface area contributed by atoms with Gasteiger partial charge in [-0.15, -0.1) is 0 Å². The maximum Gasteiger partial charge on any atom is 0.389 e. The van der Waals surface area contributed by atoms with Crippen molar-refractivity contribution in [3.63, 3.8) is 0 Å². The van der Waals surface area contributed by atoms with E-state index in [1.165, 1.54) is 4.31 Å². The zero-order chi connectivity index (χ0) is 24.7. The molecule has 0 spiro atoms. The fourth-order valence-electron chi connectivity index (χ4n) is 4.94. The summed E-state index contributed by atoms with van der Waals surface area (Å²) >= 11 is 0. The predicted octanol–water partition coefficient (Wildman–Crippen LogP) is 3.66. The normalized spacial score (nSPS) is 25.2. The van der Waals surface area contributed by atoms with Crippen LogP contribution < -0.4 is 5.48 Å². The standard InChI is InChI=1S/C22H37F3N2O6S/c23-22(24,25)10-4-1-2-6-18-8-13-27(14-9-18)34(29,30)21(11-16-31-17-12-21)20(28)26-33-19-7-3-5-15-32-19/h18-19H,1-17H2,(H,26,28). The first-order valence-electron chi connectivity index (χ1n) is 12.4. The number of hydrogen-bond acceptors (Lipinski definition) is 6. The van der Waals surface area contributed by atoms with Gasteiger partial charge in [-0.1, -0.05) is 19.3 Å². The highest BCUT2D eigenvalue weighted by molar-refractivity contribution is 7.91. The lowest BCUT2D eigenvalue weighted by Gasteiger charge is -2.41. The molecule has 0 aromatic carbocycles. The van der Waals surface area contributed by atoms with Gasteiger partial charge in [-0.05, 0) is 38.0 Å². The van der Waals surface area contributed by atoms with E-state index in [-0.39, 0.29) is 38.4 Å². The van der Waals surface area contributed by atoms with Crippen LogP contribution in [0.25, 0.3) is 0 Å². The number of ether oxygens (including phenoxy) is 2. The quantitative estimate of drug-likeness (QED) is 0.353. The van der Waals surface area contributed by atoms with Gasteiger partial charge in [0.25, 0.3) is 5.91 Å². The molecule has 198 valence electrons. The first-order chi connectivity index (χ1) is 16.1. The zero-order valence-corrected chi connectivity index (χ0v) is 20.4. The van der Waals surface area contributed by atoms with Gasteiger partial charge < -0.3 is 9.47 Å². The van der Waals surface area contributed by atoms with Crippen LogP contribution >= 0.6 is 0 Å². The number of rotatable bonds is 10. The first-order valence-corrected chi connectivity index (χ1v) is 13.8. The van der Waals surface area contributed by atoms with Crippen molar-refractivity contribution in [1.82, 2.24) is 9.79 Å². The summed E-state index contributed by atoms with van der Waals surface area (Å²) in [6.07, 6.45) is 0.546. The number of amides is 1. The maximum atomic E-state index is 13.7. The number of sulfonamides is 1. The largest absolute Gasteiger partial charge is 0.389 e. The predicted molar refractivity (Wildman–Crippen MR) is 118 cm³/mol. The minimum absolute atomic E-state index is 0.0508. The molecule has 0 aliphatic carbocycles. The number of carbonyl (C=O) groups is 1. The van der Waals surface area contributed by atoms with Crippen molar-refractivity contribution in [3.8, 4) is 0 Å². The number of alkyl halides is 3. The highest BCUT2D eigenvalue weighted by Gasteiger charge is 2.54. The average molecular weight is 515 g/mol. The topological polar surface area (TPSA) is 94.2 Å². The SMILES string of the molecule is O=C(NOC1CCCCO1)C1(S(=O)(=O)N2CCC(CCCCCC(F)(F)F)CC2)CCOCC1. The number of nitrogens with zero attached hydrogens (tertiary/aromatic N) is 1. The molecule has 0 saturated carbocycles. The Kier molecular flexibility index (Phi) is 10.0. The Morgan fingerprint density at radius 3 is 2.35 bits per heavy atom. The summed E-state index contributed by atoms with van der Waals surface area (Å²) in [5.41, 5.74) is 2.36. The average Bonchev–Trinajstić information content (AvgIpc) is 2.83. The Morgan fingerprint density at radius 1 is 1.03 bits per heavy atom. The van der Waals surface area contributed by atoms with E-state index in [1.807, 2.05) is 0 Å². The van der Waals surface area contributed by atoms with Gasteiger partial charge in [-0.2, -0.15) is 13.2 Å². The van der Waals surface area contributed by atoms with Gasteiger partial charge >= 0.3 is 6.18 Å².